The molecule has 2 rings (SSSR count). The van der Waals surface area contributed by atoms with E-state index in [0.717, 1.165) is 29.9 Å². The third-order valence-electron chi connectivity index (χ3n) is 3.11. The number of halogens is 2. The van der Waals surface area contributed by atoms with E-state index >= 15 is 0 Å². The maximum absolute atomic E-state index is 13.4. The molecule has 3 N–H and O–H groups in total. The number of ether oxygens (including phenoxy) is 1. The monoisotopic (exact) mass is 292 g/mol. The molecule has 0 aliphatic heterocycles. The molecule has 2 aromatic carbocycles. The van der Waals surface area contributed by atoms with Gasteiger partial charge in [-0.05, 0) is 41.8 Å². The minimum atomic E-state index is -0.897. The Balaban J connectivity index is 2.30. The third kappa shape index (κ3) is 3.77. The molecule has 0 fully saturated rings. The van der Waals surface area contributed by atoms with Crippen molar-refractivity contribution < 1.29 is 13.5 Å². The highest BCUT2D eigenvalue weighted by Gasteiger charge is 2.15. The molecule has 5 heteroatoms. The first kappa shape index (κ1) is 15.4. The van der Waals surface area contributed by atoms with Gasteiger partial charge in [0.2, 0.25) is 0 Å². The van der Waals surface area contributed by atoms with Crippen LogP contribution in [-0.2, 0) is 0 Å². The average Bonchev–Trinajstić information content (AvgIpc) is 2.50. The zero-order valence-corrected chi connectivity index (χ0v) is 11.8. The van der Waals surface area contributed by atoms with E-state index in [-0.39, 0.29) is 0 Å². The van der Waals surface area contributed by atoms with Crippen molar-refractivity contribution >= 4 is 0 Å². The van der Waals surface area contributed by atoms with E-state index in [9.17, 15) is 8.78 Å². The molecule has 0 aliphatic rings. The number of rotatable bonds is 6. The van der Waals surface area contributed by atoms with Gasteiger partial charge in [-0.25, -0.2) is 14.2 Å². The van der Waals surface area contributed by atoms with Crippen LogP contribution in [0.25, 0.3) is 0 Å². The second-order valence-electron chi connectivity index (χ2n) is 4.69. The summed E-state index contributed by atoms with van der Waals surface area (Å²) in [6.07, 6.45) is 0.909. The molecule has 0 amide bonds. The SMILES string of the molecule is CCCOc1cccc(C(NN)c2ccc(F)c(F)c2)c1. The van der Waals surface area contributed by atoms with E-state index in [0.29, 0.717) is 12.2 Å². The molecular formula is C16H18F2N2O. The van der Waals surface area contributed by atoms with Gasteiger partial charge in [0.15, 0.2) is 11.6 Å². The van der Waals surface area contributed by atoms with Crippen LogP contribution in [-0.4, -0.2) is 6.61 Å². The first-order valence-electron chi connectivity index (χ1n) is 6.79. The molecule has 3 nitrogen and oxygen atoms in total. The van der Waals surface area contributed by atoms with Crippen LogP contribution in [0.4, 0.5) is 8.78 Å². The molecule has 0 bridgehead atoms. The zero-order chi connectivity index (χ0) is 15.2. The maximum Gasteiger partial charge on any atom is 0.159 e. The molecule has 0 aliphatic carbocycles. The molecule has 0 spiro atoms. The van der Waals surface area contributed by atoms with Gasteiger partial charge in [-0.3, -0.25) is 5.84 Å². The fraction of sp³-hybridized carbons (Fsp3) is 0.250. The van der Waals surface area contributed by atoms with Crippen LogP contribution in [0.5, 0.6) is 5.75 Å². The first-order valence-corrected chi connectivity index (χ1v) is 6.79. The average molecular weight is 292 g/mol. The van der Waals surface area contributed by atoms with Gasteiger partial charge in [-0.2, -0.15) is 0 Å². The fourth-order valence-electron chi connectivity index (χ4n) is 2.08. The summed E-state index contributed by atoms with van der Waals surface area (Å²) in [6, 6.07) is 10.7. The number of nitrogens with one attached hydrogen (secondary N) is 1. The lowest BCUT2D eigenvalue weighted by molar-refractivity contribution is 0.317. The van der Waals surface area contributed by atoms with Gasteiger partial charge in [0.1, 0.15) is 5.75 Å². The lowest BCUT2D eigenvalue weighted by atomic mass is 9.99. The Labute approximate surface area is 122 Å². The molecule has 0 heterocycles. The van der Waals surface area contributed by atoms with Crippen molar-refractivity contribution in [1.82, 2.24) is 5.43 Å². The largest absolute Gasteiger partial charge is 0.494 e. The predicted octanol–water partition coefficient (Wildman–Crippen LogP) is 3.31. The predicted molar refractivity (Wildman–Crippen MR) is 77.8 cm³/mol. The van der Waals surface area contributed by atoms with Crippen LogP contribution in [0.1, 0.15) is 30.5 Å². The van der Waals surface area contributed by atoms with Crippen LogP contribution in [0.3, 0.4) is 0 Å². The Morgan fingerprint density at radius 2 is 1.86 bits per heavy atom. The Morgan fingerprint density at radius 1 is 1.10 bits per heavy atom. The van der Waals surface area contributed by atoms with Gasteiger partial charge in [0, 0.05) is 0 Å². The van der Waals surface area contributed by atoms with E-state index in [1.165, 1.54) is 6.07 Å². The van der Waals surface area contributed by atoms with Crippen molar-refractivity contribution in [2.24, 2.45) is 5.84 Å². The Kier molecular flexibility index (Phi) is 5.25. The summed E-state index contributed by atoms with van der Waals surface area (Å²) in [7, 11) is 0. The number of hydrogen-bond acceptors (Lipinski definition) is 3. The smallest absolute Gasteiger partial charge is 0.159 e. The molecule has 0 aromatic heterocycles. The molecule has 2 aromatic rings. The molecule has 0 saturated heterocycles. The van der Waals surface area contributed by atoms with E-state index in [1.54, 1.807) is 0 Å². The summed E-state index contributed by atoms with van der Waals surface area (Å²) in [6.45, 7) is 2.64. The van der Waals surface area contributed by atoms with Crippen molar-refractivity contribution in [3.8, 4) is 5.75 Å². The van der Waals surface area contributed by atoms with Crippen LogP contribution in [0.2, 0.25) is 0 Å². The minimum absolute atomic E-state index is 0.440. The number of hydrazine groups is 1. The summed E-state index contributed by atoms with van der Waals surface area (Å²) in [5.74, 6) is 4.51. The second-order valence-corrected chi connectivity index (χ2v) is 4.69. The van der Waals surface area contributed by atoms with Crippen molar-refractivity contribution in [3.63, 3.8) is 0 Å². The van der Waals surface area contributed by atoms with E-state index in [4.69, 9.17) is 10.6 Å². The van der Waals surface area contributed by atoms with Gasteiger partial charge in [0.25, 0.3) is 0 Å². The van der Waals surface area contributed by atoms with Crippen LogP contribution in [0.15, 0.2) is 42.5 Å². The van der Waals surface area contributed by atoms with Crippen molar-refractivity contribution in [3.05, 3.63) is 65.2 Å². The highest BCUT2D eigenvalue weighted by Crippen LogP contribution is 2.25. The molecule has 0 saturated carbocycles. The van der Waals surface area contributed by atoms with Gasteiger partial charge >= 0.3 is 0 Å². The molecule has 1 atom stereocenters. The van der Waals surface area contributed by atoms with Gasteiger partial charge in [-0.1, -0.05) is 25.1 Å². The van der Waals surface area contributed by atoms with Gasteiger partial charge in [0.05, 0.1) is 12.6 Å². The van der Waals surface area contributed by atoms with E-state index in [2.05, 4.69) is 5.43 Å². The zero-order valence-electron chi connectivity index (χ0n) is 11.8. The van der Waals surface area contributed by atoms with Crippen molar-refractivity contribution in [2.75, 3.05) is 6.61 Å². The quantitative estimate of drug-likeness (QED) is 0.634. The normalized spacial score (nSPS) is 12.2. The molecule has 0 radical (unpaired) electrons. The first-order chi connectivity index (χ1) is 10.2. The molecule has 112 valence electrons. The van der Waals surface area contributed by atoms with Crippen LogP contribution in [0, 0.1) is 11.6 Å². The summed E-state index contributed by atoms with van der Waals surface area (Å²) in [5, 5.41) is 0. The summed E-state index contributed by atoms with van der Waals surface area (Å²) in [5.41, 5.74) is 3.98. The van der Waals surface area contributed by atoms with Crippen LogP contribution < -0.4 is 16.0 Å². The fourth-order valence-corrected chi connectivity index (χ4v) is 2.08. The Hall–Kier alpha value is -1.98. The van der Waals surface area contributed by atoms with E-state index < -0.39 is 17.7 Å². The Bertz CT molecular complexity index is 605. The van der Waals surface area contributed by atoms with Crippen LogP contribution >= 0.6 is 0 Å². The van der Waals surface area contributed by atoms with E-state index in [1.807, 2.05) is 31.2 Å². The number of hydrogen-bond donors (Lipinski definition) is 2. The highest BCUT2D eigenvalue weighted by atomic mass is 19.2. The summed E-state index contributed by atoms with van der Waals surface area (Å²) >= 11 is 0. The van der Waals surface area contributed by atoms with Crippen molar-refractivity contribution in [1.29, 1.82) is 0 Å². The number of benzene rings is 2. The minimum Gasteiger partial charge on any atom is -0.494 e. The lowest BCUT2D eigenvalue weighted by Gasteiger charge is -2.18. The maximum atomic E-state index is 13.4. The molecular weight excluding hydrogens is 274 g/mol. The Morgan fingerprint density at radius 3 is 2.52 bits per heavy atom. The molecule has 21 heavy (non-hydrogen) atoms. The second kappa shape index (κ2) is 7.15. The van der Waals surface area contributed by atoms with Gasteiger partial charge < -0.3 is 4.74 Å². The van der Waals surface area contributed by atoms with Crippen molar-refractivity contribution in [2.45, 2.75) is 19.4 Å². The highest BCUT2D eigenvalue weighted by molar-refractivity contribution is 5.37. The standard InChI is InChI=1S/C16H18F2N2O/c1-2-8-21-13-5-3-4-11(9-13)16(20-19)12-6-7-14(17)15(18)10-12/h3-7,9-10,16,20H,2,8,19H2,1H3. The number of nitrogens with two attached hydrogens (primary N) is 1. The topological polar surface area (TPSA) is 47.3 Å². The summed E-state index contributed by atoms with van der Waals surface area (Å²) in [4.78, 5) is 0. The molecule has 1 unspecified atom stereocenters. The lowest BCUT2D eigenvalue weighted by Crippen LogP contribution is -2.29. The summed E-state index contributed by atoms with van der Waals surface area (Å²) < 4.78 is 32.0. The van der Waals surface area contributed by atoms with Gasteiger partial charge in [-0.15, -0.1) is 0 Å². The third-order valence-corrected chi connectivity index (χ3v) is 3.11.